The van der Waals surface area contributed by atoms with Gasteiger partial charge < -0.3 is 9.64 Å². The van der Waals surface area contributed by atoms with E-state index in [9.17, 15) is 19.3 Å². The average molecular weight is 436 g/mol. The lowest BCUT2D eigenvalue weighted by Crippen LogP contribution is -2.37. The molecule has 166 valence electrons. The molecule has 1 fully saturated rings. The molecule has 0 aliphatic carbocycles. The van der Waals surface area contributed by atoms with Crippen molar-refractivity contribution in [3.05, 3.63) is 82.2 Å². The number of fused-ring (bicyclic) bond motifs is 1. The number of halogens is 1. The molecule has 0 atom stereocenters. The highest BCUT2D eigenvalue weighted by Crippen LogP contribution is 2.35. The zero-order valence-corrected chi connectivity index (χ0v) is 17.7. The SMILES string of the molecule is O=C(c1ccc(F)cc1)C1CCN(CCCOc2c([N+](=O)[O-])ccc3ccccc23)CC1. The number of ether oxygens (including phenoxy) is 1. The highest BCUT2D eigenvalue weighted by Gasteiger charge is 2.25. The number of nitro groups is 1. The Kier molecular flexibility index (Phi) is 6.75. The predicted octanol–water partition coefficient (Wildman–Crippen LogP) is 5.25. The normalized spacial score (nSPS) is 15.0. The number of ketones is 1. The molecule has 0 radical (unpaired) electrons. The van der Waals surface area contributed by atoms with Gasteiger partial charge in [-0.25, -0.2) is 4.39 Å². The Morgan fingerprint density at radius 1 is 1.06 bits per heavy atom. The zero-order chi connectivity index (χ0) is 22.5. The molecule has 1 saturated heterocycles. The second-order valence-electron chi connectivity index (χ2n) is 8.08. The van der Waals surface area contributed by atoms with Crippen LogP contribution >= 0.6 is 0 Å². The van der Waals surface area contributed by atoms with Gasteiger partial charge in [0.1, 0.15) is 5.82 Å². The van der Waals surface area contributed by atoms with E-state index in [1.165, 1.54) is 18.2 Å². The highest BCUT2D eigenvalue weighted by molar-refractivity contribution is 5.97. The largest absolute Gasteiger partial charge is 0.486 e. The molecule has 32 heavy (non-hydrogen) atoms. The standard InChI is InChI=1S/C25H25FN2O4/c26-21-9-6-19(7-10-21)24(29)20-12-15-27(16-13-20)14-3-17-32-25-22-5-2-1-4-18(22)8-11-23(25)28(30)31/h1-2,4-11,20H,3,12-17H2. The number of Topliss-reactive ketones (excluding diaryl/α,β-unsaturated/α-hetero) is 1. The molecule has 0 N–H and O–H groups in total. The van der Waals surface area contributed by atoms with Crippen molar-refractivity contribution in [2.24, 2.45) is 5.92 Å². The zero-order valence-electron chi connectivity index (χ0n) is 17.7. The summed E-state index contributed by atoms with van der Waals surface area (Å²) in [6.45, 7) is 2.80. The second kappa shape index (κ2) is 9.87. The van der Waals surface area contributed by atoms with Crippen molar-refractivity contribution in [2.45, 2.75) is 19.3 Å². The van der Waals surface area contributed by atoms with Crippen molar-refractivity contribution in [3.8, 4) is 5.75 Å². The van der Waals surface area contributed by atoms with E-state index in [0.29, 0.717) is 17.9 Å². The smallest absolute Gasteiger partial charge is 0.311 e. The van der Waals surface area contributed by atoms with Crippen LogP contribution in [0.15, 0.2) is 60.7 Å². The quantitative estimate of drug-likeness (QED) is 0.209. The molecule has 1 heterocycles. The van der Waals surface area contributed by atoms with E-state index < -0.39 is 4.92 Å². The maximum Gasteiger partial charge on any atom is 0.311 e. The molecule has 0 amide bonds. The minimum Gasteiger partial charge on any atom is -0.486 e. The molecule has 0 spiro atoms. The average Bonchev–Trinajstić information content (AvgIpc) is 2.82. The lowest BCUT2D eigenvalue weighted by molar-refractivity contribution is -0.385. The molecule has 0 bridgehead atoms. The molecule has 1 aliphatic heterocycles. The fourth-order valence-electron chi connectivity index (χ4n) is 4.26. The van der Waals surface area contributed by atoms with Gasteiger partial charge in [0, 0.05) is 29.5 Å². The third-order valence-corrected chi connectivity index (χ3v) is 6.01. The van der Waals surface area contributed by atoms with Gasteiger partial charge in [-0.05, 0) is 68.1 Å². The molecule has 4 rings (SSSR count). The molecular formula is C25H25FN2O4. The van der Waals surface area contributed by atoms with E-state index in [1.54, 1.807) is 18.2 Å². The first kappa shape index (κ1) is 21.9. The minimum atomic E-state index is -0.412. The van der Waals surface area contributed by atoms with Gasteiger partial charge in [-0.1, -0.05) is 24.3 Å². The summed E-state index contributed by atoms with van der Waals surface area (Å²) in [7, 11) is 0. The third kappa shape index (κ3) is 4.94. The Bertz CT molecular complexity index is 1110. The summed E-state index contributed by atoms with van der Waals surface area (Å²) in [6.07, 6.45) is 2.27. The van der Waals surface area contributed by atoms with Crippen LogP contribution < -0.4 is 4.74 Å². The summed E-state index contributed by atoms with van der Waals surface area (Å²) in [5, 5.41) is 13.1. The Morgan fingerprint density at radius 3 is 2.50 bits per heavy atom. The van der Waals surface area contributed by atoms with E-state index in [-0.39, 0.29) is 23.2 Å². The lowest BCUT2D eigenvalue weighted by atomic mass is 9.89. The van der Waals surface area contributed by atoms with E-state index in [0.717, 1.165) is 49.7 Å². The van der Waals surface area contributed by atoms with Crippen LogP contribution in [0, 0.1) is 21.8 Å². The molecule has 0 aromatic heterocycles. The number of nitrogens with zero attached hydrogens (tertiary/aromatic N) is 2. The van der Waals surface area contributed by atoms with Gasteiger partial charge in [-0.2, -0.15) is 0 Å². The summed E-state index contributed by atoms with van der Waals surface area (Å²) in [5.41, 5.74) is 0.541. The van der Waals surface area contributed by atoms with Crippen LogP contribution in [0.25, 0.3) is 10.8 Å². The summed E-state index contributed by atoms with van der Waals surface area (Å²) < 4.78 is 19.0. The predicted molar refractivity (Wildman–Crippen MR) is 121 cm³/mol. The van der Waals surface area contributed by atoms with Crippen LogP contribution in [0.1, 0.15) is 29.6 Å². The fraction of sp³-hybridized carbons (Fsp3) is 0.320. The Labute approximate surface area is 185 Å². The van der Waals surface area contributed by atoms with Crippen molar-refractivity contribution in [1.29, 1.82) is 0 Å². The number of nitro benzene ring substituents is 1. The Morgan fingerprint density at radius 2 is 1.78 bits per heavy atom. The maximum atomic E-state index is 13.1. The first-order valence-electron chi connectivity index (χ1n) is 10.8. The second-order valence-corrected chi connectivity index (χ2v) is 8.08. The molecular weight excluding hydrogens is 411 g/mol. The van der Waals surface area contributed by atoms with Crippen LogP contribution in [0.4, 0.5) is 10.1 Å². The van der Waals surface area contributed by atoms with Crippen molar-refractivity contribution in [1.82, 2.24) is 4.90 Å². The number of carbonyl (C=O) groups is 1. The third-order valence-electron chi connectivity index (χ3n) is 6.01. The van der Waals surface area contributed by atoms with Crippen LogP contribution in [0.5, 0.6) is 5.75 Å². The molecule has 3 aromatic carbocycles. The Balaban J connectivity index is 1.28. The summed E-state index contributed by atoms with van der Waals surface area (Å²) in [4.78, 5) is 25.9. The van der Waals surface area contributed by atoms with Crippen molar-refractivity contribution in [3.63, 3.8) is 0 Å². The Hall–Kier alpha value is -3.32. The lowest BCUT2D eigenvalue weighted by Gasteiger charge is -2.31. The van der Waals surface area contributed by atoms with Gasteiger partial charge >= 0.3 is 5.69 Å². The number of hydrogen-bond acceptors (Lipinski definition) is 5. The maximum absolute atomic E-state index is 13.1. The molecule has 7 heteroatoms. The van der Waals surface area contributed by atoms with Gasteiger partial charge in [0.2, 0.25) is 5.75 Å². The number of rotatable bonds is 8. The van der Waals surface area contributed by atoms with Gasteiger partial charge in [0.25, 0.3) is 0 Å². The van der Waals surface area contributed by atoms with Gasteiger partial charge in [0.05, 0.1) is 11.5 Å². The van der Waals surface area contributed by atoms with Crippen molar-refractivity contribution < 1.29 is 18.8 Å². The summed E-state index contributed by atoms with van der Waals surface area (Å²) in [6, 6.07) is 16.4. The summed E-state index contributed by atoms with van der Waals surface area (Å²) >= 11 is 0. The first-order chi connectivity index (χ1) is 15.5. The molecule has 1 aliphatic rings. The highest BCUT2D eigenvalue weighted by atomic mass is 19.1. The number of benzene rings is 3. The number of hydrogen-bond donors (Lipinski definition) is 0. The molecule has 3 aromatic rings. The van der Waals surface area contributed by atoms with E-state index in [1.807, 2.05) is 24.3 Å². The number of carbonyl (C=O) groups excluding carboxylic acids is 1. The number of piperidine rings is 1. The van der Waals surface area contributed by atoms with Crippen molar-refractivity contribution in [2.75, 3.05) is 26.2 Å². The van der Waals surface area contributed by atoms with Gasteiger partial charge in [-0.3, -0.25) is 14.9 Å². The fourth-order valence-corrected chi connectivity index (χ4v) is 4.26. The van der Waals surface area contributed by atoms with Gasteiger partial charge in [-0.15, -0.1) is 0 Å². The van der Waals surface area contributed by atoms with Gasteiger partial charge in [0.15, 0.2) is 5.78 Å². The van der Waals surface area contributed by atoms with E-state index >= 15 is 0 Å². The monoisotopic (exact) mass is 436 g/mol. The summed E-state index contributed by atoms with van der Waals surface area (Å²) in [5.74, 6) is 0.0201. The molecule has 0 saturated carbocycles. The molecule has 0 unspecified atom stereocenters. The number of likely N-dealkylation sites (tertiary alicyclic amines) is 1. The van der Waals surface area contributed by atoms with Crippen LogP contribution in [0.2, 0.25) is 0 Å². The minimum absolute atomic E-state index is 0.0242. The van der Waals surface area contributed by atoms with E-state index in [2.05, 4.69) is 4.90 Å². The topological polar surface area (TPSA) is 72.7 Å². The van der Waals surface area contributed by atoms with Crippen LogP contribution in [-0.2, 0) is 0 Å². The first-order valence-corrected chi connectivity index (χ1v) is 10.8. The van der Waals surface area contributed by atoms with Crippen LogP contribution in [-0.4, -0.2) is 41.8 Å². The van der Waals surface area contributed by atoms with Crippen LogP contribution in [0.3, 0.4) is 0 Å². The van der Waals surface area contributed by atoms with Crippen molar-refractivity contribution >= 4 is 22.2 Å². The van der Waals surface area contributed by atoms with E-state index in [4.69, 9.17) is 4.74 Å². The molecule has 6 nitrogen and oxygen atoms in total.